The molecule has 0 spiro atoms. The van der Waals surface area contributed by atoms with Crippen LogP contribution in [0.3, 0.4) is 0 Å². The number of hydrogen-bond donors (Lipinski definition) is 1. The van der Waals surface area contributed by atoms with Crippen molar-refractivity contribution in [3.05, 3.63) is 0 Å². The third-order valence-corrected chi connectivity index (χ3v) is 3.81. The molecule has 0 bridgehead atoms. The Kier molecular flexibility index (Phi) is 2.18. The number of carbonyl (C=O) groups is 1. The first-order chi connectivity index (χ1) is 6.18. The van der Waals surface area contributed by atoms with Gasteiger partial charge in [-0.3, -0.25) is 0 Å². The number of rotatable bonds is 3. The molecule has 2 aliphatic carbocycles. The molecule has 2 heteroatoms. The van der Waals surface area contributed by atoms with Crippen LogP contribution in [0.25, 0.3) is 0 Å². The average Bonchev–Trinajstić information content (AvgIpc) is 2.45. The van der Waals surface area contributed by atoms with Gasteiger partial charge in [-0.15, -0.1) is 0 Å². The Bertz CT molecular complexity index is 200. The van der Waals surface area contributed by atoms with Crippen molar-refractivity contribution in [3.8, 4) is 0 Å². The predicted octanol–water partition coefficient (Wildman–Crippen LogP) is 2.05. The summed E-state index contributed by atoms with van der Waals surface area (Å²) in [5.41, 5.74) is -0.638. The molecule has 74 valence electrons. The zero-order valence-electron chi connectivity index (χ0n) is 8.09. The molecule has 2 aliphatic rings. The zero-order chi connectivity index (χ0) is 9.36. The lowest BCUT2D eigenvalue weighted by molar-refractivity contribution is -0.126. The van der Waals surface area contributed by atoms with Crippen molar-refractivity contribution in [2.45, 2.75) is 57.0 Å². The minimum Gasteiger partial charge on any atom is -0.390 e. The van der Waals surface area contributed by atoms with Crippen molar-refractivity contribution >= 4 is 6.29 Å². The second kappa shape index (κ2) is 3.09. The van der Waals surface area contributed by atoms with E-state index in [-0.39, 0.29) is 5.41 Å². The molecule has 2 fully saturated rings. The number of hydrogen-bond acceptors (Lipinski definition) is 2. The third kappa shape index (κ3) is 1.64. The first-order valence-corrected chi connectivity index (χ1v) is 5.37. The maximum Gasteiger partial charge on any atom is 0.126 e. The Labute approximate surface area is 79.3 Å². The minimum atomic E-state index is -0.499. The summed E-state index contributed by atoms with van der Waals surface area (Å²) >= 11 is 0. The van der Waals surface area contributed by atoms with Gasteiger partial charge in [-0.25, -0.2) is 0 Å². The van der Waals surface area contributed by atoms with Gasteiger partial charge in [-0.1, -0.05) is 19.3 Å². The maximum absolute atomic E-state index is 10.9. The second-order valence-corrected chi connectivity index (χ2v) is 4.94. The molecule has 1 N–H and O–H groups in total. The molecule has 0 atom stereocenters. The monoisotopic (exact) mass is 182 g/mol. The Morgan fingerprint density at radius 2 is 1.69 bits per heavy atom. The van der Waals surface area contributed by atoms with Crippen LogP contribution < -0.4 is 0 Å². The lowest BCUT2D eigenvalue weighted by Crippen LogP contribution is -2.40. The number of carbonyl (C=O) groups excluding carboxylic acids is 1. The van der Waals surface area contributed by atoms with Gasteiger partial charge in [0.25, 0.3) is 0 Å². The van der Waals surface area contributed by atoms with Crippen LogP contribution in [0, 0.1) is 5.41 Å². The fraction of sp³-hybridized carbons (Fsp3) is 0.909. The highest BCUT2D eigenvalue weighted by molar-refractivity contribution is 5.61. The van der Waals surface area contributed by atoms with Crippen molar-refractivity contribution < 1.29 is 9.90 Å². The zero-order valence-corrected chi connectivity index (χ0v) is 8.09. The Balaban J connectivity index is 1.98. The lowest BCUT2D eigenvalue weighted by atomic mass is 9.64. The number of aliphatic hydroxyl groups is 1. The standard InChI is InChI=1S/C11H18O2/c12-9-10(4-3-5-10)8-11(13)6-1-2-7-11/h9,13H,1-8H2. The van der Waals surface area contributed by atoms with E-state index in [1.165, 1.54) is 0 Å². The fourth-order valence-corrected chi connectivity index (χ4v) is 2.83. The first-order valence-electron chi connectivity index (χ1n) is 5.37. The molecule has 0 heterocycles. The molecule has 0 aromatic heterocycles. The highest BCUT2D eigenvalue weighted by Gasteiger charge is 2.45. The summed E-state index contributed by atoms with van der Waals surface area (Å²) in [4.78, 5) is 10.9. The van der Waals surface area contributed by atoms with E-state index in [4.69, 9.17) is 0 Å². The van der Waals surface area contributed by atoms with Gasteiger partial charge in [0, 0.05) is 5.41 Å². The van der Waals surface area contributed by atoms with Gasteiger partial charge in [0.1, 0.15) is 6.29 Å². The van der Waals surface area contributed by atoms with E-state index in [1.807, 2.05) is 0 Å². The van der Waals surface area contributed by atoms with Crippen LogP contribution in [0.4, 0.5) is 0 Å². The fourth-order valence-electron chi connectivity index (χ4n) is 2.83. The molecule has 0 radical (unpaired) electrons. The first kappa shape index (κ1) is 9.20. The van der Waals surface area contributed by atoms with Crippen LogP contribution in [0.2, 0.25) is 0 Å². The Morgan fingerprint density at radius 1 is 1.08 bits per heavy atom. The lowest BCUT2D eigenvalue weighted by Gasteiger charge is -2.41. The molecule has 13 heavy (non-hydrogen) atoms. The molecular formula is C11H18O2. The summed E-state index contributed by atoms with van der Waals surface area (Å²) in [6.45, 7) is 0. The van der Waals surface area contributed by atoms with Crippen molar-refractivity contribution in [3.63, 3.8) is 0 Å². The molecule has 0 saturated heterocycles. The van der Waals surface area contributed by atoms with Crippen molar-refractivity contribution in [2.75, 3.05) is 0 Å². The van der Waals surface area contributed by atoms with Crippen molar-refractivity contribution in [1.82, 2.24) is 0 Å². The van der Waals surface area contributed by atoms with Crippen LogP contribution in [-0.2, 0) is 4.79 Å². The van der Waals surface area contributed by atoms with Crippen molar-refractivity contribution in [2.24, 2.45) is 5.41 Å². The van der Waals surface area contributed by atoms with Crippen LogP contribution in [0.5, 0.6) is 0 Å². The van der Waals surface area contributed by atoms with Crippen LogP contribution in [0.15, 0.2) is 0 Å². The Morgan fingerprint density at radius 3 is 2.08 bits per heavy atom. The minimum absolute atomic E-state index is 0.140. The second-order valence-electron chi connectivity index (χ2n) is 4.94. The summed E-state index contributed by atoms with van der Waals surface area (Å²) in [6, 6.07) is 0. The summed E-state index contributed by atoms with van der Waals surface area (Å²) in [7, 11) is 0. The highest BCUT2D eigenvalue weighted by atomic mass is 16.3. The van der Waals surface area contributed by atoms with Crippen LogP contribution >= 0.6 is 0 Å². The van der Waals surface area contributed by atoms with E-state index in [0.29, 0.717) is 0 Å². The predicted molar refractivity (Wildman–Crippen MR) is 50.4 cm³/mol. The van der Waals surface area contributed by atoms with Crippen LogP contribution in [0.1, 0.15) is 51.4 Å². The van der Waals surface area contributed by atoms with Gasteiger partial charge >= 0.3 is 0 Å². The topological polar surface area (TPSA) is 37.3 Å². The quantitative estimate of drug-likeness (QED) is 0.678. The average molecular weight is 182 g/mol. The summed E-state index contributed by atoms with van der Waals surface area (Å²) in [6.07, 6.45) is 9.05. The Hall–Kier alpha value is -0.370. The maximum atomic E-state index is 10.9. The molecule has 2 rings (SSSR count). The molecule has 2 saturated carbocycles. The molecule has 0 aromatic rings. The van der Waals surface area contributed by atoms with Gasteiger partial charge in [-0.05, 0) is 32.1 Å². The van der Waals surface area contributed by atoms with Crippen molar-refractivity contribution in [1.29, 1.82) is 0 Å². The van der Waals surface area contributed by atoms with Gasteiger partial charge in [0.05, 0.1) is 5.60 Å². The molecule has 0 aliphatic heterocycles. The summed E-state index contributed by atoms with van der Waals surface area (Å²) in [5, 5.41) is 10.2. The summed E-state index contributed by atoms with van der Waals surface area (Å²) < 4.78 is 0. The molecule has 0 unspecified atom stereocenters. The van der Waals surface area contributed by atoms with Gasteiger partial charge in [0.15, 0.2) is 0 Å². The number of aldehydes is 1. The smallest absolute Gasteiger partial charge is 0.126 e. The van der Waals surface area contributed by atoms with E-state index in [9.17, 15) is 9.90 Å². The molecular weight excluding hydrogens is 164 g/mol. The van der Waals surface area contributed by atoms with Gasteiger partial charge in [0.2, 0.25) is 0 Å². The third-order valence-electron chi connectivity index (χ3n) is 3.81. The molecule has 2 nitrogen and oxygen atoms in total. The normalized spacial score (nSPS) is 29.6. The highest BCUT2D eigenvalue weighted by Crippen LogP contribution is 2.48. The SMILES string of the molecule is O=CC1(CC2(O)CCCC2)CCC1. The van der Waals surface area contributed by atoms with Crippen LogP contribution in [-0.4, -0.2) is 17.0 Å². The summed E-state index contributed by atoms with van der Waals surface area (Å²) in [5.74, 6) is 0. The van der Waals surface area contributed by atoms with E-state index < -0.39 is 5.60 Å². The van der Waals surface area contributed by atoms with E-state index in [0.717, 1.165) is 57.7 Å². The van der Waals surface area contributed by atoms with Gasteiger partial charge in [-0.2, -0.15) is 0 Å². The van der Waals surface area contributed by atoms with Gasteiger partial charge < -0.3 is 9.90 Å². The van der Waals surface area contributed by atoms with E-state index in [1.54, 1.807) is 0 Å². The molecule has 0 amide bonds. The van der Waals surface area contributed by atoms with E-state index >= 15 is 0 Å². The molecule has 0 aromatic carbocycles. The van der Waals surface area contributed by atoms with E-state index in [2.05, 4.69) is 0 Å². The largest absolute Gasteiger partial charge is 0.390 e.